The molecule has 0 bridgehead atoms. The van der Waals surface area contributed by atoms with Gasteiger partial charge in [-0.2, -0.15) is 0 Å². The van der Waals surface area contributed by atoms with Crippen LogP contribution in [-0.4, -0.2) is 28.5 Å². The standard InChI is InChI=1S/C25H28N2O4S/c1-5-23(22-8-6-7-9-24(22)31-4)26-25(28)19-12-14-20(15-13-19)27(3)32(29,30)21-16-10-18(2)11-17-21/h6-17,23H,5H2,1-4H3,(H,26,28). The first kappa shape index (κ1) is 23.3. The van der Waals surface area contributed by atoms with Crippen LogP contribution in [0.25, 0.3) is 0 Å². The minimum Gasteiger partial charge on any atom is -0.496 e. The molecule has 0 aliphatic carbocycles. The third-order valence-electron chi connectivity index (χ3n) is 5.40. The molecule has 1 atom stereocenters. The highest BCUT2D eigenvalue weighted by atomic mass is 32.2. The van der Waals surface area contributed by atoms with E-state index >= 15 is 0 Å². The summed E-state index contributed by atoms with van der Waals surface area (Å²) in [5, 5.41) is 3.03. The Hall–Kier alpha value is -3.32. The normalized spacial score (nSPS) is 12.1. The molecular formula is C25H28N2O4S. The number of nitrogens with zero attached hydrogens (tertiary/aromatic N) is 1. The van der Waals surface area contributed by atoms with E-state index in [0.717, 1.165) is 16.9 Å². The number of methoxy groups -OCH3 is 1. The number of nitrogens with one attached hydrogen (secondary N) is 1. The molecule has 32 heavy (non-hydrogen) atoms. The summed E-state index contributed by atoms with van der Waals surface area (Å²) in [6, 6.07) is 20.6. The number of rotatable bonds is 8. The van der Waals surface area contributed by atoms with Gasteiger partial charge in [0.2, 0.25) is 0 Å². The third-order valence-corrected chi connectivity index (χ3v) is 7.20. The van der Waals surface area contributed by atoms with Gasteiger partial charge in [-0.1, -0.05) is 42.8 Å². The monoisotopic (exact) mass is 452 g/mol. The highest BCUT2D eigenvalue weighted by molar-refractivity contribution is 7.92. The number of anilines is 1. The van der Waals surface area contributed by atoms with Crippen LogP contribution in [0.5, 0.6) is 5.75 Å². The van der Waals surface area contributed by atoms with E-state index in [9.17, 15) is 13.2 Å². The fourth-order valence-corrected chi connectivity index (χ4v) is 4.62. The van der Waals surface area contributed by atoms with Crippen LogP contribution in [0.3, 0.4) is 0 Å². The number of para-hydroxylation sites is 1. The molecule has 0 heterocycles. The first-order valence-corrected chi connectivity index (χ1v) is 11.8. The van der Waals surface area contributed by atoms with Crippen LogP contribution in [-0.2, 0) is 10.0 Å². The molecule has 0 radical (unpaired) electrons. The van der Waals surface area contributed by atoms with Crippen molar-refractivity contribution in [3.05, 3.63) is 89.5 Å². The molecular weight excluding hydrogens is 424 g/mol. The summed E-state index contributed by atoms with van der Waals surface area (Å²) >= 11 is 0. The summed E-state index contributed by atoms with van der Waals surface area (Å²) < 4.78 is 32.4. The molecule has 0 saturated heterocycles. The number of hydrogen-bond acceptors (Lipinski definition) is 4. The lowest BCUT2D eigenvalue weighted by Crippen LogP contribution is -2.29. The van der Waals surface area contributed by atoms with Crippen LogP contribution < -0.4 is 14.4 Å². The quantitative estimate of drug-likeness (QED) is 0.537. The van der Waals surface area contributed by atoms with Crippen LogP contribution >= 0.6 is 0 Å². The van der Waals surface area contributed by atoms with Crippen LogP contribution in [0.4, 0.5) is 5.69 Å². The van der Waals surface area contributed by atoms with E-state index in [0.29, 0.717) is 17.7 Å². The SMILES string of the molecule is CCC(NC(=O)c1ccc(N(C)S(=O)(=O)c2ccc(C)cc2)cc1)c1ccccc1OC. The Morgan fingerprint density at radius 3 is 2.22 bits per heavy atom. The van der Waals surface area contributed by atoms with Gasteiger partial charge in [0.1, 0.15) is 5.75 Å². The molecule has 1 unspecified atom stereocenters. The summed E-state index contributed by atoms with van der Waals surface area (Å²) in [5.41, 5.74) is 2.81. The van der Waals surface area contributed by atoms with Crippen molar-refractivity contribution in [1.29, 1.82) is 0 Å². The number of aryl methyl sites for hydroxylation is 1. The summed E-state index contributed by atoms with van der Waals surface area (Å²) in [4.78, 5) is 13.1. The molecule has 1 amide bonds. The van der Waals surface area contributed by atoms with Crippen molar-refractivity contribution in [3.8, 4) is 5.75 Å². The molecule has 0 fully saturated rings. The Labute approximate surface area is 189 Å². The number of hydrogen-bond donors (Lipinski definition) is 1. The number of carbonyl (C=O) groups is 1. The second-order valence-electron chi connectivity index (χ2n) is 7.51. The van der Waals surface area contributed by atoms with Gasteiger partial charge in [-0.15, -0.1) is 0 Å². The molecule has 6 nitrogen and oxygen atoms in total. The van der Waals surface area contributed by atoms with Crippen molar-refractivity contribution in [1.82, 2.24) is 5.32 Å². The van der Waals surface area contributed by atoms with Gasteiger partial charge >= 0.3 is 0 Å². The predicted octanol–water partition coefficient (Wildman–Crippen LogP) is 4.71. The number of benzene rings is 3. The van der Waals surface area contributed by atoms with Crippen LogP contribution in [0.2, 0.25) is 0 Å². The molecule has 3 aromatic rings. The van der Waals surface area contributed by atoms with Gasteiger partial charge in [0.25, 0.3) is 15.9 Å². The largest absolute Gasteiger partial charge is 0.496 e. The second kappa shape index (κ2) is 9.87. The second-order valence-corrected chi connectivity index (χ2v) is 9.48. The number of carbonyl (C=O) groups excluding carboxylic acids is 1. The minimum atomic E-state index is -3.69. The van der Waals surface area contributed by atoms with Gasteiger partial charge in [-0.3, -0.25) is 9.10 Å². The molecule has 0 saturated carbocycles. The van der Waals surface area contributed by atoms with Gasteiger partial charge in [0.15, 0.2) is 0 Å². The Kier molecular flexibility index (Phi) is 7.20. The average molecular weight is 453 g/mol. The van der Waals surface area contributed by atoms with E-state index in [1.165, 1.54) is 11.4 Å². The number of amides is 1. The molecule has 1 N–H and O–H groups in total. The van der Waals surface area contributed by atoms with E-state index < -0.39 is 10.0 Å². The Morgan fingerprint density at radius 1 is 1.00 bits per heavy atom. The zero-order valence-electron chi connectivity index (χ0n) is 18.7. The zero-order valence-corrected chi connectivity index (χ0v) is 19.5. The zero-order chi connectivity index (χ0) is 23.3. The lowest BCUT2D eigenvalue weighted by atomic mass is 10.0. The van der Waals surface area contributed by atoms with Gasteiger partial charge in [-0.05, 0) is 55.8 Å². The highest BCUT2D eigenvalue weighted by Crippen LogP contribution is 2.27. The molecule has 3 rings (SSSR count). The first-order chi connectivity index (χ1) is 15.3. The minimum absolute atomic E-state index is 0.206. The van der Waals surface area contributed by atoms with Crippen molar-refractivity contribution >= 4 is 21.6 Å². The molecule has 0 aliphatic heterocycles. The highest BCUT2D eigenvalue weighted by Gasteiger charge is 2.22. The van der Waals surface area contributed by atoms with Crippen molar-refractivity contribution < 1.29 is 17.9 Å². The summed E-state index contributed by atoms with van der Waals surface area (Å²) in [6.45, 7) is 3.90. The summed E-state index contributed by atoms with van der Waals surface area (Å²) in [6.07, 6.45) is 0.696. The van der Waals surface area contributed by atoms with Gasteiger partial charge < -0.3 is 10.1 Å². The van der Waals surface area contributed by atoms with Crippen LogP contribution in [0, 0.1) is 6.92 Å². The van der Waals surface area contributed by atoms with Gasteiger partial charge in [0, 0.05) is 18.2 Å². The van der Waals surface area contributed by atoms with E-state index in [2.05, 4.69) is 5.32 Å². The van der Waals surface area contributed by atoms with Crippen LogP contribution in [0.15, 0.2) is 77.7 Å². The molecule has 0 aliphatic rings. The Bertz CT molecular complexity index is 1170. The first-order valence-electron chi connectivity index (χ1n) is 10.4. The van der Waals surface area contributed by atoms with Gasteiger partial charge in [-0.25, -0.2) is 8.42 Å². The Morgan fingerprint density at radius 2 is 1.62 bits per heavy atom. The molecule has 168 valence electrons. The van der Waals surface area contributed by atoms with Crippen molar-refractivity contribution in [2.45, 2.75) is 31.2 Å². The average Bonchev–Trinajstić information content (AvgIpc) is 2.82. The Balaban J connectivity index is 1.77. The maximum atomic E-state index is 12.9. The lowest BCUT2D eigenvalue weighted by Gasteiger charge is -2.21. The molecule has 7 heteroatoms. The molecule has 3 aromatic carbocycles. The third kappa shape index (κ3) is 4.94. The van der Waals surface area contributed by atoms with E-state index in [1.54, 1.807) is 55.6 Å². The maximum absolute atomic E-state index is 12.9. The lowest BCUT2D eigenvalue weighted by molar-refractivity contribution is 0.0935. The van der Waals surface area contributed by atoms with Crippen molar-refractivity contribution in [3.63, 3.8) is 0 Å². The summed E-state index contributed by atoms with van der Waals surface area (Å²) in [7, 11) is -0.586. The molecule has 0 spiro atoms. The van der Waals surface area contributed by atoms with Crippen molar-refractivity contribution in [2.75, 3.05) is 18.5 Å². The number of sulfonamides is 1. The van der Waals surface area contributed by atoms with E-state index in [1.807, 2.05) is 38.1 Å². The predicted molar refractivity (Wildman–Crippen MR) is 127 cm³/mol. The fraction of sp³-hybridized carbons (Fsp3) is 0.240. The number of ether oxygens (including phenoxy) is 1. The van der Waals surface area contributed by atoms with E-state index in [4.69, 9.17) is 4.74 Å². The van der Waals surface area contributed by atoms with Crippen LogP contribution in [0.1, 0.15) is 40.9 Å². The topological polar surface area (TPSA) is 75.7 Å². The van der Waals surface area contributed by atoms with Crippen molar-refractivity contribution in [2.24, 2.45) is 0 Å². The fourth-order valence-electron chi connectivity index (χ4n) is 3.43. The van der Waals surface area contributed by atoms with Gasteiger partial charge in [0.05, 0.1) is 23.7 Å². The smallest absolute Gasteiger partial charge is 0.264 e. The summed E-state index contributed by atoms with van der Waals surface area (Å²) in [5.74, 6) is 0.483. The van der Waals surface area contributed by atoms with E-state index in [-0.39, 0.29) is 16.8 Å². The molecule has 0 aromatic heterocycles. The maximum Gasteiger partial charge on any atom is 0.264 e.